The average molecular weight is 442 g/mol. The lowest BCUT2D eigenvalue weighted by atomic mass is 9.86. The van der Waals surface area contributed by atoms with Gasteiger partial charge in [-0.25, -0.2) is 0 Å². The summed E-state index contributed by atoms with van der Waals surface area (Å²) in [5, 5.41) is 0. The Hall–Kier alpha value is -2.60. The molecule has 0 saturated heterocycles. The van der Waals surface area contributed by atoms with Crippen molar-refractivity contribution in [1.29, 1.82) is 0 Å². The highest BCUT2D eigenvalue weighted by Crippen LogP contribution is 2.22. The zero-order valence-electron chi connectivity index (χ0n) is 20.7. The highest BCUT2D eigenvalue weighted by atomic mass is 16.5. The van der Waals surface area contributed by atoms with Crippen molar-refractivity contribution < 1.29 is 14.3 Å². The quantitative estimate of drug-likeness (QED) is 0.558. The van der Waals surface area contributed by atoms with Crippen LogP contribution >= 0.6 is 0 Å². The van der Waals surface area contributed by atoms with Crippen molar-refractivity contribution in [2.24, 2.45) is 13.0 Å². The van der Waals surface area contributed by atoms with E-state index in [1.54, 1.807) is 16.9 Å². The lowest BCUT2D eigenvalue weighted by Crippen LogP contribution is -2.45. The molecule has 1 heterocycles. The van der Waals surface area contributed by atoms with Crippen molar-refractivity contribution in [3.05, 3.63) is 59.4 Å². The predicted molar refractivity (Wildman–Crippen MR) is 129 cm³/mol. The Morgan fingerprint density at radius 2 is 1.72 bits per heavy atom. The van der Waals surface area contributed by atoms with Crippen LogP contribution in [0.25, 0.3) is 0 Å². The van der Waals surface area contributed by atoms with E-state index in [1.807, 2.05) is 54.2 Å². The van der Waals surface area contributed by atoms with Gasteiger partial charge in [0.15, 0.2) is 0 Å². The maximum Gasteiger partial charge on any atom is 0.254 e. The molecule has 2 amide bonds. The summed E-state index contributed by atoms with van der Waals surface area (Å²) in [5.41, 5.74) is 2.84. The van der Waals surface area contributed by atoms with Crippen LogP contribution in [0.3, 0.4) is 0 Å². The Morgan fingerprint density at radius 3 is 2.22 bits per heavy atom. The van der Waals surface area contributed by atoms with Crippen molar-refractivity contribution >= 4 is 11.8 Å². The summed E-state index contributed by atoms with van der Waals surface area (Å²) in [5.74, 6) is 0.0579. The molecule has 6 nitrogen and oxygen atoms in total. The van der Waals surface area contributed by atoms with Crippen LogP contribution in [-0.4, -0.2) is 59.5 Å². The van der Waals surface area contributed by atoms with E-state index in [0.717, 1.165) is 5.69 Å². The number of aromatic nitrogens is 1. The molecular weight excluding hydrogens is 402 g/mol. The summed E-state index contributed by atoms with van der Waals surface area (Å²) in [6.07, 6.45) is 1.96. The summed E-state index contributed by atoms with van der Waals surface area (Å²) in [6, 6.07) is 11.7. The molecule has 0 aliphatic rings. The van der Waals surface area contributed by atoms with E-state index >= 15 is 0 Å². The van der Waals surface area contributed by atoms with Gasteiger partial charge in [0.2, 0.25) is 5.91 Å². The molecule has 0 aliphatic heterocycles. The fraction of sp³-hybridized carbons (Fsp3) is 0.538. The summed E-state index contributed by atoms with van der Waals surface area (Å²) < 4.78 is 7.22. The van der Waals surface area contributed by atoms with Crippen molar-refractivity contribution in [1.82, 2.24) is 14.4 Å². The molecule has 0 aliphatic carbocycles. The second-order valence-electron chi connectivity index (χ2n) is 9.83. The zero-order chi connectivity index (χ0) is 23.9. The minimum absolute atomic E-state index is 0.0218. The Bertz CT molecular complexity index is 878. The van der Waals surface area contributed by atoms with Crippen LogP contribution in [0.15, 0.2) is 42.6 Å². The third-order valence-electron chi connectivity index (χ3n) is 5.52. The minimum Gasteiger partial charge on any atom is -0.383 e. The molecule has 2 rings (SSSR count). The van der Waals surface area contributed by atoms with Gasteiger partial charge in [-0.2, -0.15) is 0 Å². The molecule has 0 bridgehead atoms. The first-order chi connectivity index (χ1) is 15.0. The fourth-order valence-electron chi connectivity index (χ4n) is 3.57. The van der Waals surface area contributed by atoms with E-state index in [1.165, 1.54) is 5.56 Å². The normalized spacial score (nSPS) is 11.6. The predicted octanol–water partition coefficient (Wildman–Crippen LogP) is 4.10. The first-order valence-electron chi connectivity index (χ1n) is 11.3. The number of aryl methyl sites for hydroxylation is 1. The molecule has 0 N–H and O–H groups in total. The SMILES string of the molecule is COCCN(Cc1cccn1C)C(=O)CN(CC(C)C)C(=O)c1ccc(C(C)(C)C)cc1. The van der Waals surface area contributed by atoms with Crippen molar-refractivity contribution in [2.75, 3.05) is 33.4 Å². The van der Waals surface area contributed by atoms with E-state index in [9.17, 15) is 9.59 Å². The molecule has 0 fully saturated rings. The lowest BCUT2D eigenvalue weighted by molar-refractivity contribution is -0.133. The van der Waals surface area contributed by atoms with Crippen molar-refractivity contribution in [3.63, 3.8) is 0 Å². The second kappa shape index (κ2) is 11.3. The number of rotatable bonds is 10. The number of carbonyl (C=O) groups is 2. The molecule has 176 valence electrons. The van der Waals surface area contributed by atoms with Crippen LogP contribution in [0.1, 0.15) is 56.2 Å². The van der Waals surface area contributed by atoms with Gasteiger partial charge >= 0.3 is 0 Å². The summed E-state index contributed by atoms with van der Waals surface area (Å²) >= 11 is 0. The van der Waals surface area contributed by atoms with Gasteiger partial charge in [0.25, 0.3) is 5.91 Å². The first-order valence-corrected chi connectivity index (χ1v) is 11.3. The van der Waals surface area contributed by atoms with Gasteiger partial charge in [-0.3, -0.25) is 9.59 Å². The van der Waals surface area contributed by atoms with Gasteiger partial charge in [0, 0.05) is 44.7 Å². The summed E-state index contributed by atoms with van der Waals surface area (Å²) in [4.78, 5) is 30.0. The van der Waals surface area contributed by atoms with Crippen molar-refractivity contribution in [2.45, 2.75) is 46.6 Å². The van der Waals surface area contributed by atoms with E-state index in [0.29, 0.717) is 31.8 Å². The van der Waals surface area contributed by atoms with Gasteiger partial charge in [-0.1, -0.05) is 46.8 Å². The Morgan fingerprint density at radius 1 is 1.06 bits per heavy atom. The van der Waals surface area contributed by atoms with Gasteiger partial charge in [-0.15, -0.1) is 0 Å². The van der Waals surface area contributed by atoms with Crippen LogP contribution in [0.5, 0.6) is 0 Å². The number of carbonyl (C=O) groups excluding carboxylic acids is 2. The topological polar surface area (TPSA) is 54.8 Å². The van der Waals surface area contributed by atoms with Crippen LogP contribution in [-0.2, 0) is 28.5 Å². The number of hydrogen-bond donors (Lipinski definition) is 0. The standard InChI is InChI=1S/C26H39N3O3/c1-20(2)17-29(25(31)21-10-12-22(13-11-21)26(3,4)5)19-24(30)28(15-16-32-7)18-23-9-8-14-27(23)6/h8-14,20H,15-19H2,1-7H3. The third-order valence-corrected chi connectivity index (χ3v) is 5.52. The second-order valence-corrected chi connectivity index (χ2v) is 9.83. The number of methoxy groups -OCH3 is 1. The van der Waals surface area contributed by atoms with E-state index in [2.05, 4.69) is 34.6 Å². The number of nitrogens with zero attached hydrogens (tertiary/aromatic N) is 3. The number of amides is 2. The Balaban J connectivity index is 2.20. The number of hydrogen-bond acceptors (Lipinski definition) is 3. The van der Waals surface area contributed by atoms with E-state index in [4.69, 9.17) is 4.74 Å². The number of benzene rings is 1. The molecule has 0 atom stereocenters. The highest BCUT2D eigenvalue weighted by Gasteiger charge is 2.24. The van der Waals surface area contributed by atoms with Gasteiger partial charge in [0.1, 0.15) is 6.54 Å². The maximum absolute atomic E-state index is 13.3. The third kappa shape index (κ3) is 7.23. The summed E-state index contributed by atoms with van der Waals surface area (Å²) in [7, 11) is 3.59. The molecule has 6 heteroatoms. The fourth-order valence-corrected chi connectivity index (χ4v) is 3.57. The molecule has 0 spiro atoms. The molecular formula is C26H39N3O3. The smallest absolute Gasteiger partial charge is 0.254 e. The Kier molecular flexibility index (Phi) is 9.08. The van der Waals surface area contributed by atoms with Gasteiger partial charge in [-0.05, 0) is 41.2 Å². The molecule has 0 radical (unpaired) electrons. The first kappa shape index (κ1) is 25.7. The molecule has 32 heavy (non-hydrogen) atoms. The average Bonchev–Trinajstić information content (AvgIpc) is 3.13. The van der Waals surface area contributed by atoms with Crippen molar-refractivity contribution in [3.8, 4) is 0 Å². The largest absolute Gasteiger partial charge is 0.383 e. The van der Waals surface area contributed by atoms with Crippen LogP contribution in [0, 0.1) is 5.92 Å². The van der Waals surface area contributed by atoms with Crippen LogP contribution in [0.4, 0.5) is 0 Å². The van der Waals surface area contributed by atoms with E-state index in [-0.39, 0.29) is 29.7 Å². The van der Waals surface area contributed by atoms with Gasteiger partial charge in [0.05, 0.1) is 13.2 Å². The maximum atomic E-state index is 13.3. The van der Waals surface area contributed by atoms with Gasteiger partial charge < -0.3 is 19.1 Å². The molecule has 1 aromatic carbocycles. The number of ether oxygens (including phenoxy) is 1. The monoisotopic (exact) mass is 441 g/mol. The lowest BCUT2D eigenvalue weighted by Gasteiger charge is -2.29. The molecule has 1 aromatic heterocycles. The summed E-state index contributed by atoms with van der Waals surface area (Å²) in [6.45, 7) is 12.5. The van der Waals surface area contributed by atoms with Crippen LogP contribution < -0.4 is 0 Å². The van der Waals surface area contributed by atoms with Crippen LogP contribution in [0.2, 0.25) is 0 Å². The zero-order valence-corrected chi connectivity index (χ0v) is 20.7. The molecule has 2 aromatic rings. The molecule has 0 unspecified atom stereocenters. The molecule has 0 saturated carbocycles. The highest BCUT2D eigenvalue weighted by molar-refractivity contribution is 5.96. The van der Waals surface area contributed by atoms with E-state index < -0.39 is 0 Å². The Labute approximate surface area is 193 Å². The minimum atomic E-state index is -0.113.